The van der Waals surface area contributed by atoms with Crippen LogP contribution >= 0.6 is 15.9 Å². The lowest BCUT2D eigenvalue weighted by Gasteiger charge is -2.14. The summed E-state index contributed by atoms with van der Waals surface area (Å²) < 4.78 is 8.59. The van der Waals surface area contributed by atoms with Crippen LogP contribution in [0.4, 0.5) is 0 Å². The fourth-order valence-corrected chi connectivity index (χ4v) is 3.61. The second-order valence-electron chi connectivity index (χ2n) is 6.12. The number of carbonyl (C=O) groups excluding carboxylic acids is 1. The van der Waals surface area contributed by atoms with Crippen LogP contribution in [0.3, 0.4) is 0 Å². The molecule has 26 heavy (non-hydrogen) atoms. The van der Waals surface area contributed by atoms with Gasteiger partial charge in [-0.2, -0.15) is 0 Å². The molecule has 0 bridgehead atoms. The molecule has 134 valence electrons. The SMILES string of the molecule is COc1ccccc1CCn1c(-c2cccc(Br)c2)cc(C(N)=O)c1C. The maximum atomic E-state index is 11.8. The highest BCUT2D eigenvalue weighted by molar-refractivity contribution is 9.10. The van der Waals surface area contributed by atoms with Gasteiger partial charge < -0.3 is 15.0 Å². The van der Waals surface area contributed by atoms with E-state index < -0.39 is 5.91 Å². The van der Waals surface area contributed by atoms with E-state index in [-0.39, 0.29) is 0 Å². The predicted octanol–water partition coefficient (Wildman–Crippen LogP) is 4.58. The van der Waals surface area contributed by atoms with Gasteiger partial charge in [0.25, 0.3) is 5.91 Å². The molecular weight excluding hydrogens is 392 g/mol. The molecule has 1 aromatic heterocycles. The third-order valence-electron chi connectivity index (χ3n) is 4.55. The first kappa shape index (κ1) is 18.3. The first-order chi connectivity index (χ1) is 12.5. The van der Waals surface area contributed by atoms with E-state index in [2.05, 4.69) is 26.6 Å². The van der Waals surface area contributed by atoms with Gasteiger partial charge >= 0.3 is 0 Å². The Bertz CT molecular complexity index is 947. The Labute approximate surface area is 161 Å². The number of benzene rings is 2. The molecule has 2 N–H and O–H groups in total. The summed E-state index contributed by atoms with van der Waals surface area (Å²) in [6.07, 6.45) is 0.790. The van der Waals surface area contributed by atoms with E-state index in [4.69, 9.17) is 10.5 Å². The summed E-state index contributed by atoms with van der Waals surface area (Å²) in [7, 11) is 1.68. The second-order valence-corrected chi connectivity index (χ2v) is 7.03. The van der Waals surface area contributed by atoms with Gasteiger partial charge in [0.15, 0.2) is 0 Å². The molecule has 3 rings (SSSR count). The van der Waals surface area contributed by atoms with Gasteiger partial charge in [0.05, 0.1) is 12.7 Å². The molecule has 0 fully saturated rings. The second kappa shape index (κ2) is 7.79. The van der Waals surface area contributed by atoms with Crippen LogP contribution in [0.5, 0.6) is 5.75 Å². The molecule has 1 amide bonds. The summed E-state index contributed by atoms with van der Waals surface area (Å²) in [6, 6.07) is 17.9. The third-order valence-corrected chi connectivity index (χ3v) is 5.04. The fraction of sp³-hybridized carbons (Fsp3) is 0.190. The molecule has 0 aliphatic carbocycles. The normalized spacial score (nSPS) is 10.7. The number of aromatic nitrogens is 1. The quantitative estimate of drug-likeness (QED) is 0.644. The average molecular weight is 413 g/mol. The number of hydrogen-bond donors (Lipinski definition) is 1. The van der Waals surface area contributed by atoms with E-state index in [1.807, 2.05) is 55.5 Å². The van der Waals surface area contributed by atoms with E-state index in [0.717, 1.165) is 45.7 Å². The van der Waals surface area contributed by atoms with Crippen LogP contribution in [0, 0.1) is 6.92 Å². The number of ether oxygens (including phenoxy) is 1. The molecule has 0 aliphatic rings. The van der Waals surface area contributed by atoms with Crippen LogP contribution in [-0.4, -0.2) is 17.6 Å². The minimum absolute atomic E-state index is 0.408. The van der Waals surface area contributed by atoms with Crippen molar-refractivity contribution in [3.05, 3.63) is 75.9 Å². The molecule has 5 heteroatoms. The molecule has 3 aromatic rings. The maximum absolute atomic E-state index is 11.8. The minimum atomic E-state index is -0.408. The average Bonchev–Trinajstić information content (AvgIpc) is 2.97. The number of rotatable bonds is 6. The minimum Gasteiger partial charge on any atom is -0.496 e. The number of halogens is 1. The third kappa shape index (κ3) is 3.68. The summed E-state index contributed by atoms with van der Waals surface area (Å²) >= 11 is 3.52. The van der Waals surface area contributed by atoms with Crippen molar-refractivity contribution in [3.63, 3.8) is 0 Å². The first-order valence-corrected chi connectivity index (χ1v) is 9.18. The summed E-state index contributed by atoms with van der Waals surface area (Å²) in [4.78, 5) is 11.8. The summed E-state index contributed by atoms with van der Waals surface area (Å²) in [5.41, 5.74) is 10.2. The van der Waals surface area contributed by atoms with Gasteiger partial charge in [-0.15, -0.1) is 0 Å². The Hall–Kier alpha value is -2.53. The Morgan fingerprint density at radius 1 is 1.15 bits per heavy atom. The van der Waals surface area contributed by atoms with E-state index >= 15 is 0 Å². The summed E-state index contributed by atoms with van der Waals surface area (Å²) in [6.45, 7) is 2.66. The molecule has 0 aliphatic heterocycles. The fourth-order valence-electron chi connectivity index (χ4n) is 3.21. The number of nitrogens with two attached hydrogens (primary N) is 1. The summed E-state index contributed by atoms with van der Waals surface area (Å²) in [5, 5.41) is 0. The topological polar surface area (TPSA) is 57.2 Å². The van der Waals surface area contributed by atoms with Crippen molar-refractivity contribution in [3.8, 4) is 17.0 Å². The van der Waals surface area contributed by atoms with Gasteiger partial charge in [0.1, 0.15) is 5.75 Å². The maximum Gasteiger partial charge on any atom is 0.250 e. The Morgan fingerprint density at radius 3 is 2.62 bits per heavy atom. The Kier molecular flexibility index (Phi) is 5.47. The predicted molar refractivity (Wildman–Crippen MR) is 108 cm³/mol. The van der Waals surface area contributed by atoms with Crippen LogP contribution in [0.15, 0.2) is 59.1 Å². The van der Waals surface area contributed by atoms with Crippen molar-refractivity contribution in [1.29, 1.82) is 0 Å². The molecule has 0 radical (unpaired) electrons. The van der Waals surface area contributed by atoms with Gasteiger partial charge in [0, 0.05) is 22.4 Å². The lowest BCUT2D eigenvalue weighted by molar-refractivity contribution is 0.0999. The number of amides is 1. The summed E-state index contributed by atoms with van der Waals surface area (Å²) in [5.74, 6) is 0.464. The molecule has 0 spiro atoms. The molecule has 1 heterocycles. The van der Waals surface area contributed by atoms with Crippen LogP contribution in [0.1, 0.15) is 21.6 Å². The largest absolute Gasteiger partial charge is 0.496 e. The van der Waals surface area contributed by atoms with Crippen molar-refractivity contribution in [2.45, 2.75) is 19.9 Å². The standard InChI is InChI=1S/C21H21BrN2O2/c1-14-18(21(23)25)13-19(16-7-5-8-17(22)12-16)24(14)11-10-15-6-3-4-9-20(15)26-2/h3-9,12-13H,10-11H2,1-2H3,(H2,23,25). The molecule has 0 unspecified atom stereocenters. The number of para-hydroxylation sites is 1. The molecule has 0 saturated heterocycles. The van der Waals surface area contributed by atoms with Crippen molar-refractivity contribution >= 4 is 21.8 Å². The molecule has 0 atom stereocenters. The van der Waals surface area contributed by atoms with E-state index in [0.29, 0.717) is 5.56 Å². The molecule has 4 nitrogen and oxygen atoms in total. The number of hydrogen-bond acceptors (Lipinski definition) is 2. The molecule has 0 saturated carbocycles. The van der Waals surface area contributed by atoms with Crippen molar-refractivity contribution in [2.75, 3.05) is 7.11 Å². The van der Waals surface area contributed by atoms with Crippen LogP contribution < -0.4 is 10.5 Å². The monoisotopic (exact) mass is 412 g/mol. The smallest absolute Gasteiger partial charge is 0.250 e. The molecule has 2 aromatic carbocycles. The lowest BCUT2D eigenvalue weighted by atomic mass is 10.1. The van der Waals surface area contributed by atoms with Gasteiger partial charge in [-0.25, -0.2) is 0 Å². The number of carbonyl (C=O) groups is 1. The van der Waals surface area contributed by atoms with Gasteiger partial charge in [-0.05, 0) is 48.7 Å². The molecular formula is C21H21BrN2O2. The Morgan fingerprint density at radius 2 is 1.92 bits per heavy atom. The van der Waals surface area contributed by atoms with Crippen LogP contribution in [0.25, 0.3) is 11.3 Å². The van der Waals surface area contributed by atoms with E-state index in [1.54, 1.807) is 7.11 Å². The number of nitrogens with zero attached hydrogens (tertiary/aromatic N) is 1. The highest BCUT2D eigenvalue weighted by Gasteiger charge is 2.17. The highest BCUT2D eigenvalue weighted by atomic mass is 79.9. The van der Waals surface area contributed by atoms with Gasteiger partial charge in [0.2, 0.25) is 0 Å². The number of methoxy groups -OCH3 is 1. The van der Waals surface area contributed by atoms with E-state index in [1.165, 1.54) is 0 Å². The zero-order chi connectivity index (χ0) is 18.7. The van der Waals surface area contributed by atoms with E-state index in [9.17, 15) is 4.79 Å². The van der Waals surface area contributed by atoms with Crippen molar-refractivity contribution in [2.24, 2.45) is 5.73 Å². The van der Waals surface area contributed by atoms with Crippen molar-refractivity contribution < 1.29 is 9.53 Å². The van der Waals surface area contributed by atoms with Gasteiger partial charge in [-0.3, -0.25) is 4.79 Å². The highest BCUT2D eigenvalue weighted by Crippen LogP contribution is 2.29. The van der Waals surface area contributed by atoms with Crippen LogP contribution in [-0.2, 0) is 13.0 Å². The number of primary amides is 1. The van der Waals surface area contributed by atoms with Crippen molar-refractivity contribution in [1.82, 2.24) is 4.57 Å². The zero-order valence-electron chi connectivity index (χ0n) is 14.8. The zero-order valence-corrected chi connectivity index (χ0v) is 16.4. The number of aryl methyl sites for hydroxylation is 1. The van der Waals surface area contributed by atoms with Crippen LogP contribution in [0.2, 0.25) is 0 Å². The Balaban J connectivity index is 2.01. The lowest BCUT2D eigenvalue weighted by Crippen LogP contribution is -2.13. The first-order valence-electron chi connectivity index (χ1n) is 8.39. The van der Waals surface area contributed by atoms with Gasteiger partial charge in [-0.1, -0.05) is 46.3 Å².